The molecule has 6 nitrogen and oxygen atoms in total. The van der Waals surface area contributed by atoms with Crippen LogP contribution in [0.4, 0.5) is 0 Å². The molecule has 0 unspecified atom stereocenters. The molecular formula is C22H28N4O2. The number of rotatable bonds is 5. The highest BCUT2D eigenvalue weighted by molar-refractivity contribution is 5.97. The molecular weight excluding hydrogens is 352 g/mol. The summed E-state index contributed by atoms with van der Waals surface area (Å²) in [7, 11) is 0. The number of aromatic nitrogens is 3. The molecule has 0 aliphatic rings. The third-order valence-electron chi connectivity index (χ3n) is 4.74. The summed E-state index contributed by atoms with van der Waals surface area (Å²) < 4.78 is 5.90. The normalized spacial score (nSPS) is 11.8. The molecule has 0 bridgehead atoms. The van der Waals surface area contributed by atoms with Crippen molar-refractivity contribution in [2.75, 3.05) is 6.54 Å². The highest BCUT2D eigenvalue weighted by atomic mass is 16.4. The molecule has 0 spiro atoms. The van der Waals surface area contributed by atoms with Crippen molar-refractivity contribution >= 4 is 16.9 Å². The predicted octanol–water partition coefficient (Wildman–Crippen LogP) is 4.20. The fraction of sp³-hybridized carbons (Fsp3) is 0.455. The molecule has 0 saturated heterocycles. The molecule has 0 aliphatic heterocycles. The summed E-state index contributed by atoms with van der Waals surface area (Å²) in [6.07, 6.45) is 1.54. The largest absolute Gasteiger partial charge is 0.445 e. The average Bonchev–Trinajstić information content (AvgIpc) is 3.00. The summed E-state index contributed by atoms with van der Waals surface area (Å²) in [5, 5.41) is 2.97. The molecule has 3 rings (SSSR count). The molecule has 2 heterocycles. The zero-order valence-corrected chi connectivity index (χ0v) is 17.5. The molecule has 1 N–H and O–H groups in total. The van der Waals surface area contributed by atoms with E-state index in [1.807, 2.05) is 26.8 Å². The van der Waals surface area contributed by atoms with Gasteiger partial charge < -0.3 is 9.73 Å². The Balaban J connectivity index is 1.58. The Bertz CT molecular complexity index is 1020. The second-order valence-electron chi connectivity index (χ2n) is 8.23. The van der Waals surface area contributed by atoms with Crippen LogP contribution in [-0.2, 0) is 11.8 Å². The minimum Gasteiger partial charge on any atom is -0.445 e. The summed E-state index contributed by atoms with van der Waals surface area (Å²) in [5.74, 6) is 1.55. The van der Waals surface area contributed by atoms with Crippen molar-refractivity contribution in [1.29, 1.82) is 0 Å². The van der Waals surface area contributed by atoms with E-state index in [0.29, 0.717) is 12.1 Å². The molecule has 0 radical (unpaired) electrons. The van der Waals surface area contributed by atoms with E-state index in [2.05, 4.69) is 41.0 Å². The molecule has 0 atom stereocenters. The zero-order chi connectivity index (χ0) is 20.5. The van der Waals surface area contributed by atoms with E-state index in [9.17, 15) is 4.79 Å². The van der Waals surface area contributed by atoms with Gasteiger partial charge in [0.15, 0.2) is 5.89 Å². The Morgan fingerprint density at radius 3 is 2.32 bits per heavy atom. The lowest BCUT2D eigenvalue weighted by Crippen LogP contribution is -2.24. The summed E-state index contributed by atoms with van der Waals surface area (Å²) in [6, 6.07) is 5.42. The van der Waals surface area contributed by atoms with Crippen LogP contribution in [-0.4, -0.2) is 27.4 Å². The van der Waals surface area contributed by atoms with Crippen molar-refractivity contribution in [3.8, 4) is 0 Å². The minimum atomic E-state index is -0.105. The number of nitrogens with zero attached hydrogens (tertiary/aromatic N) is 3. The van der Waals surface area contributed by atoms with Gasteiger partial charge in [-0.3, -0.25) is 4.79 Å². The zero-order valence-electron chi connectivity index (χ0n) is 17.5. The first-order valence-electron chi connectivity index (χ1n) is 9.65. The lowest BCUT2D eigenvalue weighted by Gasteiger charge is -2.12. The fourth-order valence-corrected chi connectivity index (χ4v) is 2.91. The van der Waals surface area contributed by atoms with Crippen molar-refractivity contribution in [3.05, 3.63) is 52.5 Å². The topological polar surface area (TPSA) is 80.9 Å². The molecule has 2 aromatic heterocycles. The van der Waals surface area contributed by atoms with Crippen LogP contribution in [0.2, 0.25) is 0 Å². The summed E-state index contributed by atoms with van der Waals surface area (Å²) in [4.78, 5) is 26.0. The van der Waals surface area contributed by atoms with E-state index < -0.39 is 0 Å². The smallest absolute Gasteiger partial charge is 0.251 e. The molecule has 6 heteroatoms. The van der Waals surface area contributed by atoms with Crippen molar-refractivity contribution in [1.82, 2.24) is 20.3 Å². The van der Waals surface area contributed by atoms with Crippen molar-refractivity contribution in [2.45, 2.75) is 59.8 Å². The fourth-order valence-electron chi connectivity index (χ4n) is 2.91. The van der Waals surface area contributed by atoms with Gasteiger partial charge in [-0.15, -0.1) is 0 Å². The van der Waals surface area contributed by atoms with Gasteiger partial charge in [0.05, 0.1) is 28.1 Å². The first kappa shape index (κ1) is 20.0. The van der Waals surface area contributed by atoms with Gasteiger partial charge in [-0.2, -0.15) is 0 Å². The number of aryl methyl sites for hydroxylation is 4. The first-order valence-corrected chi connectivity index (χ1v) is 9.65. The third kappa shape index (κ3) is 4.38. The average molecular weight is 380 g/mol. The molecule has 148 valence electrons. The molecule has 0 aliphatic carbocycles. The first-order chi connectivity index (χ1) is 13.1. The van der Waals surface area contributed by atoms with Crippen LogP contribution in [0.15, 0.2) is 22.6 Å². The molecule has 28 heavy (non-hydrogen) atoms. The van der Waals surface area contributed by atoms with Crippen LogP contribution in [0.1, 0.15) is 66.3 Å². The maximum Gasteiger partial charge on any atom is 0.251 e. The van der Waals surface area contributed by atoms with Crippen LogP contribution in [0.25, 0.3) is 11.0 Å². The second kappa shape index (κ2) is 7.70. The second-order valence-corrected chi connectivity index (χ2v) is 8.23. The van der Waals surface area contributed by atoms with Crippen molar-refractivity contribution in [2.24, 2.45) is 0 Å². The standard InChI is InChI=1S/C22H28N4O2/c1-13-14(2)25-18-12-16(9-10-17(18)24-13)20(27)23-11-7-8-19-15(3)26-21(28-19)22(4,5)6/h9-10,12H,7-8,11H2,1-6H3,(H,23,27). The molecule has 3 aromatic rings. The number of nitrogens with one attached hydrogen (secondary N) is 1. The Morgan fingerprint density at radius 1 is 1.00 bits per heavy atom. The van der Waals surface area contributed by atoms with Gasteiger partial charge in [0.1, 0.15) is 5.76 Å². The van der Waals surface area contributed by atoms with E-state index in [4.69, 9.17) is 4.42 Å². The van der Waals surface area contributed by atoms with E-state index in [1.165, 1.54) is 0 Å². The summed E-state index contributed by atoms with van der Waals surface area (Å²) in [5.41, 5.74) is 4.74. The van der Waals surface area contributed by atoms with Crippen LogP contribution in [0, 0.1) is 20.8 Å². The highest BCUT2D eigenvalue weighted by Gasteiger charge is 2.22. The van der Waals surface area contributed by atoms with Crippen LogP contribution >= 0.6 is 0 Å². The Morgan fingerprint density at radius 2 is 1.68 bits per heavy atom. The van der Waals surface area contributed by atoms with Gasteiger partial charge in [0.25, 0.3) is 5.91 Å². The molecule has 0 fully saturated rings. The molecule has 0 saturated carbocycles. The minimum absolute atomic E-state index is 0.104. The van der Waals surface area contributed by atoms with Gasteiger partial charge in [-0.1, -0.05) is 20.8 Å². The van der Waals surface area contributed by atoms with E-state index >= 15 is 0 Å². The van der Waals surface area contributed by atoms with E-state index in [-0.39, 0.29) is 11.3 Å². The van der Waals surface area contributed by atoms with E-state index in [0.717, 1.165) is 52.6 Å². The molecule has 1 amide bonds. The van der Waals surface area contributed by atoms with Crippen molar-refractivity contribution in [3.63, 3.8) is 0 Å². The quantitative estimate of drug-likeness (QED) is 0.671. The third-order valence-corrected chi connectivity index (χ3v) is 4.74. The summed E-state index contributed by atoms with van der Waals surface area (Å²) >= 11 is 0. The number of carbonyl (C=O) groups is 1. The van der Waals surface area contributed by atoms with Crippen molar-refractivity contribution < 1.29 is 9.21 Å². The monoisotopic (exact) mass is 380 g/mol. The van der Waals surface area contributed by atoms with Gasteiger partial charge in [0, 0.05) is 23.9 Å². The summed E-state index contributed by atoms with van der Waals surface area (Å²) in [6.45, 7) is 12.6. The van der Waals surface area contributed by atoms with Gasteiger partial charge >= 0.3 is 0 Å². The van der Waals surface area contributed by atoms with Gasteiger partial charge in [-0.25, -0.2) is 15.0 Å². The number of oxazole rings is 1. The lowest BCUT2D eigenvalue weighted by atomic mass is 9.97. The predicted molar refractivity (Wildman–Crippen MR) is 110 cm³/mol. The number of hydrogen-bond acceptors (Lipinski definition) is 5. The Hall–Kier alpha value is -2.76. The van der Waals surface area contributed by atoms with Crippen LogP contribution in [0.5, 0.6) is 0 Å². The van der Waals surface area contributed by atoms with Gasteiger partial charge in [0.2, 0.25) is 0 Å². The Kier molecular flexibility index (Phi) is 5.49. The maximum atomic E-state index is 12.5. The number of amides is 1. The van der Waals surface area contributed by atoms with E-state index in [1.54, 1.807) is 12.1 Å². The number of hydrogen-bond donors (Lipinski definition) is 1. The highest BCUT2D eigenvalue weighted by Crippen LogP contribution is 2.24. The van der Waals surface area contributed by atoms with Crippen LogP contribution in [0.3, 0.4) is 0 Å². The number of fused-ring (bicyclic) bond motifs is 1. The van der Waals surface area contributed by atoms with Crippen LogP contribution < -0.4 is 5.32 Å². The number of benzene rings is 1. The Labute approximate surface area is 165 Å². The molecule has 1 aromatic carbocycles. The lowest BCUT2D eigenvalue weighted by molar-refractivity contribution is 0.0953. The maximum absolute atomic E-state index is 12.5. The number of carbonyl (C=O) groups excluding carboxylic acids is 1. The van der Waals surface area contributed by atoms with Gasteiger partial charge in [-0.05, 0) is 45.4 Å². The SMILES string of the molecule is Cc1nc2ccc(C(=O)NCCCc3oc(C(C)(C)C)nc3C)cc2nc1C.